The number of benzene rings is 1. The Morgan fingerprint density at radius 1 is 1.21 bits per heavy atom. The van der Waals surface area contributed by atoms with Crippen LogP contribution in [0.5, 0.6) is 5.75 Å². The fourth-order valence-electron chi connectivity index (χ4n) is 3.28. The molecule has 0 fully saturated rings. The van der Waals surface area contributed by atoms with Crippen LogP contribution >= 0.6 is 0 Å². The third kappa shape index (κ3) is 2.94. The lowest BCUT2D eigenvalue weighted by Gasteiger charge is -2.23. The van der Waals surface area contributed by atoms with Gasteiger partial charge in [-0.1, -0.05) is 17.7 Å². The Kier molecular flexibility index (Phi) is 4.42. The van der Waals surface area contributed by atoms with Gasteiger partial charge in [0.15, 0.2) is 0 Å². The number of nitrogens with zero attached hydrogens (tertiary/aromatic N) is 1. The molecule has 1 aromatic carbocycles. The van der Waals surface area contributed by atoms with E-state index >= 15 is 0 Å². The molecule has 2 aromatic rings. The lowest BCUT2D eigenvalue weighted by Crippen LogP contribution is -2.30. The number of aromatic nitrogens is 1. The van der Waals surface area contributed by atoms with Crippen LogP contribution in [0.25, 0.3) is 0 Å². The van der Waals surface area contributed by atoms with Crippen molar-refractivity contribution in [3.63, 3.8) is 0 Å². The van der Waals surface area contributed by atoms with Gasteiger partial charge in [0.25, 0.3) is 11.5 Å². The van der Waals surface area contributed by atoms with E-state index in [2.05, 4.69) is 5.32 Å². The molecule has 5 nitrogen and oxygen atoms in total. The minimum atomic E-state index is -0.232. The van der Waals surface area contributed by atoms with Crippen molar-refractivity contribution in [3.8, 4) is 5.75 Å². The van der Waals surface area contributed by atoms with Crippen molar-refractivity contribution >= 4 is 11.6 Å². The van der Waals surface area contributed by atoms with Crippen molar-refractivity contribution in [2.24, 2.45) is 0 Å². The summed E-state index contributed by atoms with van der Waals surface area (Å²) >= 11 is 0. The summed E-state index contributed by atoms with van der Waals surface area (Å²) in [6.07, 6.45) is 2.63. The second kappa shape index (κ2) is 6.51. The molecule has 2 heterocycles. The van der Waals surface area contributed by atoms with Gasteiger partial charge >= 0.3 is 0 Å². The van der Waals surface area contributed by atoms with Gasteiger partial charge in [0.05, 0.1) is 7.11 Å². The highest BCUT2D eigenvalue weighted by atomic mass is 16.5. The quantitative estimate of drug-likeness (QED) is 0.943. The first-order valence-corrected chi connectivity index (χ1v) is 8.20. The Morgan fingerprint density at radius 2 is 2.00 bits per heavy atom. The van der Waals surface area contributed by atoms with Crippen LogP contribution in [0.15, 0.2) is 29.1 Å². The molecule has 0 atom stereocenters. The van der Waals surface area contributed by atoms with Gasteiger partial charge < -0.3 is 14.6 Å². The molecule has 1 N–H and O–H groups in total. The van der Waals surface area contributed by atoms with Crippen LogP contribution in [0.4, 0.5) is 5.69 Å². The number of rotatable bonds is 3. The highest BCUT2D eigenvalue weighted by Crippen LogP contribution is 2.26. The van der Waals surface area contributed by atoms with Crippen molar-refractivity contribution < 1.29 is 9.53 Å². The average molecular weight is 326 g/mol. The molecular formula is C19H22N2O3. The number of anilines is 1. The number of nitrogens with one attached hydrogen (secondary N) is 1. The minimum absolute atomic E-state index is 0.107. The van der Waals surface area contributed by atoms with Gasteiger partial charge in [0.1, 0.15) is 11.3 Å². The van der Waals surface area contributed by atoms with E-state index in [1.807, 2.05) is 32.0 Å². The average Bonchev–Trinajstić information content (AvgIpc) is 2.57. The highest BCUT2D eigenvalue weighted by Gasteiger charge is 2.24. The van der Waals surface area contributed by atoms with Gasteiger partial charge in [-0.15, -0.1) is 0 Å². The van der Waals surface area contributed by atoms with Crippen LogP contribution in [0.2, 0.25) is 0 Å². The summed E-state index contributed by atoms with van der Waals surface area (Å²) < 4.78 is 7.02. The summed E-state index contributed by atoms with van der Waals surface area (Å²) in [5.74, 6) is 0.111. The summed E-state index contributed by atoms with van der Waals surface area (Å²) in [4.78, 5) is 25.1. The molecule has 0 bridgehead atoms. The smallest absolute Gasteiger partial charge is 0.261 e. The van der Waals surface area contributed by atoms with Crippen molar-refractivity contribution in [2.75, 3.05) is 12.4 Å². The van der Waals surface area contributed by atoms with Crippen LogP contribution in [-0.4, -0.2) is 17.6 Å². The molecule has 1 aliphatic rings. The number of hydrogen-bond acceptors (Lipinski definition) is 3. The maximum atomic E-state index is 12.9. The molecule has 1 aliphatic heterocycles. The number of ether oxygens (including phenoxy) is 1. The van der Waals surface area contributed by atoms with Gasteiger partial charge in [-0.3, -0.25) is 9.59 Å². The molecule has 126 valence electrons. The highest BCUT2D eigenvalue weighted by molar-refractivity contribution is 6.07. The molecule has 0 aliphatic carbocycles. The molecule has 0 saturated heterocycles. The Bertz CT molecular complexity index is 852. The number of aryl methyl sites for hydroxylation is 2. The fourth-order valence-corrected chi connectivity index (χ4v) is 3.28. The molecule has 0 spiro atoms. The second-order valence-electron chi connectivity index (χ2n) is 6.25. The van der Waals surface area contributed by atoms with Crippen molar-refractivity contribution in [1.82, 2.24) is 4.57 Å². The lowest BCUT2D eigenvalue weighted by atomic mass is 10.0. The predicted octanol–water partition coefficient (Wildman–Crippen LogP) is 3.06. The summed E-state index contributed by atoms with van der Waals surface area (Å²) in [5.41, 5.74) is 4.05. The number of carbonyl (C=O) groups is 1. The number of methoxy groups -OCH3 is 1. The summed E-state index contributed by atoms with van der Waals surface area (Å²) in [7, 11) is 1.49. The largest absolute Gasteiger partial charge is 0.496 e. The van der Waals surface area contributed by atoms with E-state index in [0.717, 1.165) is 35.3 Å². The van der Waals surface area contributed by atoms with Gasteiger partial charge in [0, 0.05) is 24.0 Å². The standard InChI is InChI=1S/C19H22N2O3/c1-12-7-8-14(13(2)10-12)20-19(23)18-15-6-4-5-9-21(15)17(22)11-16(18)24-3/h7-8,10-11H,4-6,9H2,1-3H3,(H,20,23). The first-order chi connectivity index (χ1) is 11.5. The van der Waals surface area contributed by atoms with E-state index in [-0.39, 0.29) is 11.5 Å². The predicted molar refractivity (Wildman–Crippen MR) is 94.1 cm³/mol. The maximum Gasteiger partial charge on any atom is 0.261 e. The van der Waals surface area contributed by atoms with Gasteiger partial charge in [-0.05, 0) is 44.7 Å². The third-order valence-corrected chi connectivity index (χ3v) is 4.50. The van der Waals surface area contributed by atoms with E-state index in [1.54, 1.807) is 4.57 Å². The Labute approximate surface area is 141 Å². The Hall–Kier alpha value is -2.56. The number of carbonyl (C=O) groups excluding carboxylic acids is 1. The molecule has 0 saturated carbocycles. The van der Waals surface area contributed by atoms with E-state index in [9.17, 15) is 9.59 Å². The third-order valence-electron chi connectivity index (χ3n) is 4.50. The molecule has 5 heteroatoms. The zero-order valence-corrected chi connectivity index (χ0v) is 14.3. The molecule has 3 rings (SSSR count). The van der Waals surface area contributed by atoms with Gasteiger partial charge in [-0.25, -0.2) is 0 Å². The molecule has 0 radical (unpaired) electrons. The first-order valence-electron chi connectivity index (χ1n) is 8.20. The zero-order chi connectivity index (χ0) is 17.3. The van der Waals surface area contributed by atoms with Crippen LogP contribution in [0.3, 0.4) is 0 Å². The maximum absolute atomic E-state index is 12.9. The molecular weight excluding hydrogens is 304 g/mol. The first kappa shape index (κ1) is 16.3. The molecule has 1 amide bonds. The SMILES string of the molecule is COc1cc(=O)n2c(c1C(=O)Nc1ccc(C)cc1C)CCCC2. The topological polar surface area (TPSA) is 60.3 Å². The number of amides is 1. The molecule has 24 heavy (non-hydrogen) atoms. The van der Waals surface area contributed by atoms with Crippen LogP contribution in [-0.2, 0) is 13.0 Å². The second-order valence-corrected chi connectivity index (χ2v) is 6.25. The van der Waals surface area contributed by atoms with E-state index < -0.39 is 0 Å². The summed E-state index contributed by atoms with van der Waals surface area (Å²) in [6, 6.07) is 7.30. The monoisotopic (exact) mass is 326 g/mol. The van der Waals surface area contributed by atoms with Crippen molar-refractivity contribution in [3.05, 3.63) is 57.0 Å². The Balaban J connectivity index is 2.04. The number of pyridine rings is 1. The number of hydrogen-bond donors (Lipinski definition) is 1. The van der Waals surface area contributed by atoms with Crippen LogP contribution in [0, 0.1) is 13.8 Å². The fraction of sp³-hybridized carbons (Fsp3) is 0.368. The van der Waals surface area contributed by atoms with Gasteiger partial charge in [-0.2, -0.15) is 0 Å². The molecule has 0 unspecified atom stereocenters. The lowest BCUT2D eigenvalue weighted by molar-refractivity contribution is 0.102. The Morgan fingerprint density at radius 3 is 2.71 bits per heavy atom. The number of fused-ring (bicyclic) bond motifs is 1. The summed E-state index contributed by atoms with van der Waals surface area (Å²) in [5, 5.41) is 2.96. The van der Waals surface area contributed by atoms with Crippen LogP contribution in [0.1, 0.15) is 40.0 Å². The minimum Gasteiger partial charge on any atom is -0.496 e. The van der Waals surface area contributed by atoms with Crippen molar-refractivity contribution in [2.45, 2.75) is 39.7 Å². The van der Waals surface area contributed by atoms with Crippen molar-refractivity contribution in [1.29, 1.82) is 0 Å². The molecule has 1 aromatic heterocycles. The van der Waals surface area contributed by atoms with Crippen LogP contribution < -0.4 is 15.6 Å². The van der Waals surface area contributed by atoms with E-state index in [4.69, 9.17) is 4.74 Å². The van der Waals surface area contributed by atoms with E-state index in [0.29, 0.717) is 24.3 Å². The normalized spacial score (nSPS) is 13.3. The van der Waals surface area contributed by atoms with E-state index in [1.165, 1.54) is 13.2 Å². The van der Waals surface area contributed by atoms with Gasteiger partial charge in [0.2, 0.25) is 0 Å². The summed E-state index contributed by atoms with van der Waals surface area (Å²) in [6.45, 7) is 4.63. The zero-order valence-electron chi connectivity index (χ0n) is 14.3.